The third-order valence-electron chi connectivity index (χ3n) is 5.25. The second-order valence-corrected chi connectivity index (χ2v) is 7.34. The maximum atomic E-state index is 12.7. The van der Waals surface area contributed by atoms with Gasteiger partial charge in [0.05, 0.1) is 24.3 Å². The van der Waals surface area contributed by atoms with Gasteiger partial charge >= 0.3 is 12.0 Å². The molecule has 3 rings (SSSR count). The number of benzene rings is 1. The molecule has 0 bridgehead atoms. The zero-order valence-electron chi connectivity index (χ0n) is 16.8. The van der Waals surface area contributed by atoms with Gasteiger partial charge in [0.15, 0.2) is 0 Å². The number of carbonyl (C=O) groups excluding carboxylic acids is 2. The Hall–Kier alpha value is -2.50. The topological polar surface area (TPSA) is 76.7 Å². The highest BCUT2D eigenvalue weighted by Gasteiger charge is 2.33. The number of ether oxygens (including phenoxy) is 2. The Morgan fingerprint density at radius 2 is 1.86 bits per heavy atom. The van der Waals surface area contributed by atoms with Crippen molar-refractivity contribution in [3.05, 3.63) is 41.1 Å². The van der Waals surface area contributed by atoms with E-state index in [1.807, 2.05) is 24.3 Å². The number of hydrogen-bond donors (Lipinski definition) is 2. The number of urea groups is 1. The molecule has 1 atom stereocenters. The van der Waals surface area contributed by atoms with E-state index in [2.05, 4.69) is 17.6 Å². The van der Waals surface area contributed by atoms with E-state index in [4.69, 9.17) is 9.47 Å². The zero-order valence-corrected chi connectivity index (χ0v) is 16.8. The van der Waals surface area contributed by atoms with Crippen LogP contribution in [0.2, 0.25) is 0 Å². The number of unbranched alkanes of at least 4 members (excludes halogenated alkanes) is 1. The van der Waals surface area contributed by atoms with Crippen molar-refractivity contribution in [3.8, 4) is 5.75 Å². The SMILES string of the molecule is CCCCC1=C(C(=O)OCC)C(c2ccc(OC3CCCC3)cc2)NC(=O)N1. The maximum Gasteiger partial charge on any atom is 0.338 e. The average Bonchev–Trinajstić information content (AvgIpc) is 3.19. The molecule has 6 heteroatoms. The van der Waals surface area contributed by atoms with Crippen molar-refractivity contribution in [2.75, 3.05) is 6.61 Å². The number of rotatable bonds is 8. The maximum absolute atomic E-state index is 12.7. The first-order chi connectivity index (χ1) is 13.6. The molecule has 1 aliphatic carbocycles. The summed E-state index contributed by atoms with van der Waals surface area (Å²) in [6.45, 7) is 4.15. The van der Waals surface area contributed by atoms with Crippen LogP contribution in [-0.2, 0) is 9.53 Å². The van der Waals surface area contributed by atoms with Crippen molar-refractivity contribution < 1.29 is 19.1 Å². The fourth-order valence-electron chi connectivity index (χ4n) is 3.81. The number of amides is 2. The summed E-state index contributed by atoms with van der Waals surface area (Å²) in [5.41, 5.74) is 1.98. The lowest BCUT2D eigenvalue weighted by Crippen LogP contribution is -2.46. The Kier molecular flexibility index (Phi) is 6.95. The molecule has 2 N–H and O–H groups in total. The van der Waals surface area contributed by atoms with E-state index < -0.39 is 12.0 Å². The van der Waals surface area contributed by atoms with Crippen molar-refractivity contribution in [3.63, 3.8) is 0 Å². The lowest BCUT2D eigenvalue weighted by atomic mass is 9.93. The minimum Gasteiger partial charge on any atom is -0.490 e. The average molecular weight is 386 g/mol. The number of nitrogens with one attached hydrogen (secondary N) is 2. The summed E-state index contributed by atoms with van der Waals surface area (Å²) in [4.78, 5) is 24.9. The molecule has 0 saturated heterocycles. The van der Waals surface area contributed by atoms with Crippen molar-refractivity contribution in [2.24, 2.45) is 0 Å². The Bertz CT molecular complexity index is 721. The van der Waals surface area contributed by atoms with Gasteiger partial charge in [0, 0.05) is 5.70 Å². The van der Waals surface area contributed by atoms with Crippen molar-refractivity contribution >= 4 is 12.0 Å². The Morgan fingerprint density at radius 1 is 1.14 bits per heavy atom. The molecule has 1 aromatic rings. The molecule has 0 spiro atoms. The number of carbonyl (C=O) groups is 2. The molecule has 2 amide bonds. The van der Waals surface area contributed by atoms with Gasteiger partial charge in [0.1, 0.15) is 5.75 Å². The van der Waals surface area contributed by atoms with E-state index in [0.29, 0.717) is 23.8 Å². The molecule has 1 heterocycles. The van der Waals surface area contributed by atoms with Crippen LogP contribution < -0.4 is 15.4 Å². The van der Waals surface area contributed by atoms with Crippen LogP contribution in [0.4, 0.5) is 4.79 Å². The van der Waals surface area contributed by atoms with Gasteiger partial charge in [-0.1, -0.05) is 25.5 Å². The monoisotopic (exact) mass is 386 g/mol. The van der Waals surface area contributed by atoms with E-state index in [0.717, 1.165) is 37.0 Å². The highest BCUT2D eigenvalue weighted by Crippen LogP contribution is 2.31. The smallest absolute Gasteiger partial charge is 0.338 e. The number of hydrogen-bond acceptors (Lipinski definition) is 4. The van der Waals surface area contributed by atoms with Crippen LogP contribution >= 0.6 is 0 Å². The predicted octanol–water partition coefficient (Wildman–Crippen LogP) is 4.37. The largest absolute Gasteiger partial charge is 0.490 e. The fraction of sp³-hybridized carbons (Fsp3) is 0.545. The molecule has 6 nitrogen and oxygen atoms in total. The second kappa shape index (κ2) is 9.62. The highest BCUT2D eigenvalue weighted by molar-refractivity contribution is 5.95. The van der Waals surface area contributed by atoms with Crippen LogP contribution in [0, 0.1) is 0 Å². The Morgan fingerprint density at radius 3 is 2.50 bits per heavy atom. The molecule has 1 unspecified atom stereocenters. The zero-order chi connectivity index (χ0) is 19.9. The third kappa shape index (κ3) is 4.86. The fourth-order valence-corrected chi connectivity index (χ4v) is 3.81. The van der Waals surface area contributed by atoms with Gasteiger partial charge in [-0.15, -0.1) is 0 Å². The molecular formula is C22H30N2O4. The normalized spacial score (nSPS) is 19.9. The van der Waals surface area contributed by atoms with Crippen LogP contribution in [-0.4, -0.2) is 24.7 Å². The molecule has 1 aromatic carbocycles. The van der Waals surface area contributed by atoms with Crippen LogP contribution in [0.3, 0.4) is 0 Å². The lowest BCUT2D eigenvalue weighted by Gasteiger charge is -2.29. The molecule has 2 aliphatic rings. The molecule has 0 radical (unpaired) electrons. The van der Waals surface area contributed by atoms with E-state index >= 15 is 0 Å². The van der Waals surface area contributed by atoms with Crippen LogP contribution in [0.15, 0.2) is 35.5 Å². The standard InChI is InChI=1S/C22H30N2O4/c1-3-5-10-18-19(21(25)27-4-2)20(24-22(26)23-18)15-11-13-17(14-12-15)28-16-8-6-7-9-16/h11-14,16,20H,3-10H2,1-2H3,(H2,23,24,26). The van der Waals surface area contributed by atoms with Crippen molar-refractivity contribution in [1.29, 1.82) is 0 Å². The first-order valence-corrected chi connectivity index (χ1v) is 10.4. The molecule has 1 fully saturated rings. The van der Waals surface area contributed by atoms with E-state index in [-0.39, 0.29) is 12.6 Å². The summed E-state index contributed by atoms with van der Waals surface area (Å²) >= 11 is 0. The Labute approximate surface area is 166 Å². The van der Waals surface area contributed by atoms with Crippen LogP contribution in [0.5, 0.6) is 5.75 Å². The number of esters is 1. The molecule has 152 valence electrons. The minimum absolute atomic E-state index is 0.290. The van der Waals surface area contributed by atoms with E-state index in [9.17, 15) is 9.59 Å². The molecular weight excluding hydrogens is 356 g/mol. The first-order valence-electron chi connectivity index (χ1n) is 10.4. The summed E-state index contributed by atoms with van der Waals surface area (Å²) < 4.78 is 11.3. The van der Waals surface area contributed by atoms with Gasteiger partial charge in [-0.05, 0) is 63.1 Å². The summed E-state index contributed by atoms with van der Waals surface area (Å²) in [6, 6.07) is 6.83. The van der Waals surface area contributed by atoms with Crippen LogP contribution in [0.1, 0.15) is 70.4 Å². The minimum atomic E-state index is -0.528. The van der Waals surface area contributed by atoms with Gasteiger partial charge in [0.25, 0.3) is 0 Å². The summed E-state index contributed by atoms with van der Waals surface area (Å²) in [6.07, 6.45) is 7.43. The molecule has 28 heavy (non-hydrogen) atoms. The van der Waals surface area contributed by atoms with Gasteiger partial charge in [-0.3, -0.25) is 0 Å². The lowest BCUT2D eigenvalue weighted by molar-refractivity contribution is -0.139. The van der Waals surface area contributed by atoms with Gasteiger partial charge in [0.2, 0.25) is 0 Å². The van der Waals surface area contributed by atoms with Gasteiger partial charge < -0.3 is 20.1 Å². The Balaban J connectivity index is 1.85. The molecule has 1 saturated carbocycles. The summed E-state index contributed by atoms with van der Waals surface area (Å²) in [5.74, 6) is 0.432. The highest BCUT2D eigenvalue weighted by atomic mass is 16.5. The van der Waals surface area contributed by atoms with Crippen LogP contribution in [0.25, 0.3) is 0 Å². The molecule has 0 aromatic heterocycles. The van der Waals surface area contributed by atoms with Gasteiger partial charge in [-0.25, -0.2) is 9.59 Å². The van der Waals surface area contributed by atoms with Crippen molar-refractivity contribution in [2.45, 2.75) is 70.9 Å². The number of allylic oxidation sites excluding steroid dienone is 1. The third-order valence-corrected chi connectivity index (χ3v) is 5.25. The van der Waals surface area contributed by atoms with Gasteiger partial charge in [-0.2, -0.15) is 0 Å². The van der Waals surface area contributed by atoms with Crippen molar-refractivity contribution in [1.82, 2.24) is 10.6 Å². The molecule has 1 aliphatic heterocycles. The predicted molar refractivity (Wildman–Crippen MR) is 107 cm³/mol. The first kappa shape index (κ1) is 20.2. The van der Waals surface area contributed by atoms with E-state index in [1.165, 1.54) is 12.8 Å². The van der Waals surface area contributed by atoms with E-state index in [1.54, 1.807) is 6.92 Å². The summed E-state index contributed by atoms with van der Waals surface area (Å²) in [7, 11) is 0. The quantitative estimate of drug-likeness (QED) is 0.651. The second-order valence-electron chi connectivity index (χ2n) is 7.34. The summed E-state index contributed by atoms with van der Waals surface area (Å²) in [5, 5.41) is 5.68.